The molecule has 0 aliphatic carbocycles. The van der Waals surface area contributed by atoms with Gasteiger partial charge < -0.3 is 5.32 Å². The topological polar surface area (TPSA) is 79.4 Å². The van der Waals surface area contributed by atoms with Crippen molar-refractivity contribution in [2.45, 2.75) is 38.8 Å². The van der Waals surface area contributed by atoms with Crippen molar-refractivity contribution in [2.75, 3.05) is 24.6 Å². The van der Waals surface area contributed by atoms with Gasteiger partial charge in [-0.25, -0.2) is 13.4 Å². The summed E-state index contributed by atoms with van der Waals surface area (Å²) >= 11 is 1.35. The monoisotopic (exact) mass is 343 g/mol. The van der Waals surface area contributed by atoms with E-state index in [0.717, 1.165) is 30.9 Å². The van der Waals surface area contributed by atoms with E-state index in [1.807, 2.05) is 13.8 Å². The lowest BCUT2D eigenvalue weighted by molar-refractivity contribution is 0.0922. The number of nitrogens with one attached hydrogen (secondary N) is 1. The molecule has 2 aliphatic rings. The molecular weight excluding hydrogens is 322 g/mol. The Morgan fingerprint density at radius 1 is 1.27 bits per heavy atom. The molecule has 0 saturated carbocycles. The van der Waals surface area contributed by atoms with E-state index >= 15 is 0 Å². The van der Waals surface area contributed by atoms with Crippen molar-refractivity contribution >= 4 is 27.1 Å². The van der Waals surface area contributed by atoms with Gasteiger partial charge in [-0.1, -0.05) is 0 Å². The molecule has 0 bridgehead atoms. The standard InChI is InChI=1S/C14H21N3O3S2/c1-9-13(21-10(2)15-9)14(18)16-11-7-22(19,20)8-12(11)17-5-3-4-6-17/h11-12H,3-8H2,1-2H3,(H,16,18)/t11-,12-/m0/s1. The Labute approximate surface area is 134 Å². The lowest BCUT2D eigenvalue weighted by Crippen LogP contribution is -2.50. The molecule has 1 aromatic heterocycles. The van der Waals surface area contributed by atoms with E-state index < -0.39 is 9.84 Å². The molecule has 8 heteroatoms. The minimum atomic E-state index is -3.08. The molecule has 1 N–H and O–H groups in total. The first-order chi connectivity index (χ1) is 10.4. The number of carbonyl (C=O) groups excluding carboxylic acids is 1. The minimum Gasteiger partial charge on any atom is -0.346 e. The van der Waals surface area contributed by atoms with E-state index in [-0.39, 0.29) is 29.5 Å². The van der Waals surface area contributed by atoms with Crippen LogP contribution in [0.25, 0.3) is 0 Å². The first-order valence-corrected chi connectivity index (χ1v) is 10.2. The van der Waals surface area contributed by atoms with Crippen LogP contribution in [0.4, 0.5) is 0 Å². The molecule has 0 radical (unpaired) electrons. The van der Waals surface area contributed by atoms with E-state index in [9.17, 15) is 13.2 Å². The number of likely N-dealkylation sites (tertiary alicyclic amines) is 1. The van der Waals surface area contributed by atoms with E-state index in [4.69, 9.17) is 0 Å². The van der Waals surface area contributed by atoms with Crippen molar-refractivity contribution < 1.29 is 13.2 Å². The predicted molar refractivity (Wildman–Crippen MR) is 86.1 cm³/mol. The maximum atomic E-state index is 12.5. The van der Waals surface area contributed by atoms with Crippen molar-refractivity contribution in [2.24, 2.45) is 0 Å². The molecule has 2 fully saturated rings. The molecule has 0 spiro atoms. The summed E-state index contributed by atoms with van der Waals surface area (Å²) in [4.78, 5) is 19.5. The van der Waals surface area contributed by atoms with Gasteiger partial charge in [0.15, 0.2) is 9.84 Å². The van der Waals surface area contributed by atoms with Gasteiger partial charge in [-0.05, 0) is 39.8 Å². The SMILES string of the molecule is Cc1nc(C)c(C(=O)N[C@H]2CS(=O)(=O)C[C@@H]2N2CCCC2)s1. The normalized spacial score (nSPS) is 28.1. The smallest absolute Gasteiger partial charge is 0.263 e. The first kappa shape index (κ1) is 15.9. The van der Waals surface area contributed by atoms with E-state index in [0.29, 0.717) is 10.6 Å². The van der Waals surface area contributed by atoms with E-state index in [1.54, 1.807) is 0 Å². The molecular formula is C14H21N3O3S2. The Balaban J connectivity index is 1.77. The second-order valence-corrected chi connectivity index (χ2v) is 9.47. The van der Waals surface area contributed by atoms with Crippen LogP contribution >= 0.6 is 11.3 Å². The zero-order chi connectivity index (χ0) is 15.9. The summed E-state index contributed by atoms with van der Waals surface area (Å²) in [7, 11) is -3.08. The number of hydrogen-bond acceptors (Lipinski definition) is 6. The van der Waals surface area contributed by atoms with Crippen LogP contribution in [0.15, 0.2) is 0 Å². The molecule has 1 amide bonds. The summed E-state index contributed by atoms with van der Waals surface area (Å²) in [5, 5.41) is 3.79. The molecule has 3 heterocycles. The number of hydrogen-bond donors (Lipinski definition) is 1. The fraction of sp³-hybridized carbons (Fsp3) is 0.714. The Hall–Kier alpha value is -0.990. The molecule has 2 aliphatic heterocycles. The maximum absolute atomic E-state index is 12.5. The van der Waals surface area contributed by atoms with Crippen LogP contribution in [0.5, 0.6) is 0 Å². The fourth-order valence-electron chi connectivity index (χ4n) is 3.38. The van der Waals surface area contributed by atoms with Gasteiger partial charge >= 0.3 is 0 Å². The van der Waals surface area contributed by atoms with Crippen LogP contribution in [-0.2, 0) is 9.84 Å². The highest BCUT2D eigenvalue weighted by molar-refractivity contribution is 7.91. The van der Waals surface area contributed by atoms with Gasteiger partial charge in [-0.2, -0.15) is 0 Å². The molecule has 1 aromatic rings. The summed E-state index contributed by atoms with van der Waals surface area (Å²) in [6.45, 7) is 5.51. The first-order valence-electron chi connectivity index (χ1n) is 7.55. The number of aromatic nitrogens is 1. The van der Waals surface area contributed by atoms with Crippen LogP contribution < -0.4 is 5.32 Å². The van der Waals surface area contributed by atoms with Crippen molar-refractivity contribution in [3.63, 3.8) is 0 Å². The van der Waals surface area contributed by atoms with Crippen molar-refractivity contribution in [1.29, 1.82) is 0 Å². The average molecular weight is 343 g/mol. The zero-order valence-corrected chi connectivity index (χ0v) is 14.5. The highest BCUT2D eigenvalue weighted by Gasteiger charge is 2.42. The number of amides is 1. The lowest BCUT2D eigenvalue weighted by atomic mass is 10.1. The van der Waals surface area contributed by atoms with Gasteiger partial charge in [0.2, 0.25) is 0 Å². The summed E-state index contributed by atoms with van der Waals surface area (Å²) in [6, 6.07) is -0.414. The van der Waals surface area contributed by atoms with Crippen LogP contribution in [-0.4, -0.2) is 60.9 Å². The van der Waals surface area contributed by atoms with Gasteiger partial charge in [-0.15, -0.1) is 11.3 Å². The third-order valence-electron chi connectivity index (χ3n) is 4.36. The average Bonchev–Trinajstić information content (AvgIpc) is 3.09. The number of thiazole rings is 1. The minimum absolute atomic E-state index is 0.0384. The molecule has 22 heavy (non-hydrogen) atoms. The highest BCUT2D eigenvalue weighted by Crippen LogP contribution is 2.24. The molecule has 6 nitrogen and oxygen atoms in total. The molecule has 0 aromatic carbocycles. The molecule has 2 atom stereocenters. The third kappa shape index (κ3) is 3.18. The predicted octanol–water partition coefficient (Wildman–Crippen LogP) is 0.751. The summed E-state index contributed by atoms with van der Waals surface area (Å²) in [5.74, 6) is -0.00976. The molecule has 3 rings (SSSR count). The van der Waals surface area contributed by atoms with Crippen molar-refractivity contribution in [1.82, 2.24) is 15.2 Å². The summed E-state index contributed by atoms with van der Waals surface area (Å²) < 4.78 is 24.0. The van der Waals surface area contributed by atoms with E-state index in [1.165, 1.54) is 11.3 Å². The number of carbonyl (C=O) groups is 1. The molecule has 0 unspecified atom stereocenters. The number of nitrogens with zero attached hydrogens (tertiary/aromatic N) is 2. The third-order valence-corrected chi connectivity index (χ3v) is 7.15. The van der Waals surface area contributed by atoms with Crippen LogP contribution in [0.1, 0.15) is 33.2 Å². The second-order valence-electron chi connectivity index (χ2n) is 6.11. The second kappa shape index (κ2) is 5.90. The fourth-order valence-corrected chi connectivity index (χ4v) is 6.15. The van der Waals surface area contributed by atoms with Gasteiger partial charge in [0.1, 0.15) is 4.88 Å². The van der Waals surface area contributed by atoms with Crippen LogP contribution in [0, 0.1) is 13.8 Å². The molecule has 2 saturated heterocycles. The summed E-state index contributed by atoms with van der Waals surface area (Å²) in [5.41, 5.74) is 0.707. The number of aryl methyl sites for hydroxylation is 2. The Morgan fingerprint density at radius 3 is 2.55 bits per heavy atom. The van der Waals surface area contributed by atoms with Crippen LogP contribution in [0.3, 0.4) is 0 Å². The number of sulfone groups is 1. The van der Waals surface area contributed by atoms with Gasteiger partial charge in [0.05, 0.1) is 28.2 Å². The largest absolute Gasteiger partial charge is 0.346 e. The quantitative estimate of drug-likeness (QED) is 0.876. The Morgan fingerprint density at radius 2 is 1.95 bits per heavy atom. The van der Waals surface area contributed by atoms with Crippen molar-refractivity contribution in [3.05, 3.63) is 15.6 Å². The van der Waals surface area contributed by atoms with Gasteiger partial charge in [-0.3, -0.25) is 9.69 Å². The van der Waals surface area contributed by atoms with Gasteiger partial charge in [0, 0.05) is 6.04 Å². The number of rotatable bonds is 3. The lowest BCUT2D eigenvalue weighted by Gasteiger charge is -2.28. The van der Waals surface area contributed by atoms with Crippen molar-refractivity contribution in [3.8, 4) is 0 Å². The zero-order valence-electron chi connectivity index (χ0n) is 12.8. The van der Waals surface area contributed by atoms with Gasteiger partial charge in [0.25, 0.3) is 5.91 Å². The summed E-state index contributed by atoms with van der Waals surface area (Å²) in [6.07, 6.45) is 2.20. The Kier molecular flexibility index (Phi) is 4.26. The Bertz CT molecular complexity index is 678. The van der Waals surface area contributed by atoms with E-state index in [2.05, 4.69) is 15.2 Å². The molecule has 122 valence electrons. The maximum Gasteiger partial charge on any atom is 0.263 e. The highest BCUT2D eigenvalue weighted by atomic mass is 32.2. The van der Waals surface area contributed by atoms with Crippen LogP contribution in [0.2, 0.25) is 0 Å².